The van der Waals surface area contributed by atoms with Crippen LogP contribution in [-0.2, 0) is 6.61 Å². The molecule has 0 fully saturated rings. The predicted octanol–water partition coefficient (Wildman–Crippen LogP) is 2.55. The molecule has 2 rings (SSSR count). The van der Waals surface area contributed by atoms with E-state index >= 15 is 0 Å². The molecule has 0 aliphatic rings. The molecule has 0 spiro atoms. The van der Waals surface area contributed by atoms with Crippen molar-refractivity contribution in [3.05, 3.63) is 53.9 Å². The molecule has 0 aliphatic heterocycles. The van der Waals surface area contributed by atoms with Crippen LogP contribution in [0.1, 0.15) is 11.3 Å². The number of anilines is 1. The smallest absolute Gasteiger partial charge is 0.130 e. The van der Waals surface area contributed by atoms with Crippen molar-refractivity contribution in [2.45, 2.75) is 13.5 Å². The summed E-state index contributed by atoms with van der Waals surface area (Å²) in [5.41, 5.74) is 8.42. The summed E-state index contributed by atoms with van der Waals surface area (Å²) in [5.74, 6) is 0.805. The molecule has 1 aromatic carbocycles. The van der Waals surface area contributed by atoms with E-state index in [-0.39, 0.29) is 0 Å². The number of hydrogen-bond acceptors (Lipinski definition) is 3. The van der Waals surface area contributed by atoms with E-state index in [9.17, 15) is 0 Å². The van der Waals surface area contributed by atoms with Crippen molar-refractivity contribution in [3.63, 3.8) is 0 Å². The zero-order valence-electron chi connectivity index (χ0n) is 9.18. The Hall–Kier alpha value is -2.03. The second kappa shape index (κ2) is 4.66. The van der Waals surface area contributed by atoms with Gasteiger partial charge in [-0.3, -0.25) is 4.98 Å². The van der Waals surface area contributed by atoms with Gasteiger partial charge in [0.2, 0.25) is 0 Å². The van der Waals surface area contributed by atoms with Crippen molar-refractivity contribution in [1.82, 2.24) is 4.98 Å². The van der Waals surface area contributed by atoms with E-state index in [2.05, 4.69) is 4.98 Å². The van der Waals surface area contributed by atoms with Crippen LogP contribution in [0.2, 0.25) is 0 Å². The third kappa shape index (κ3) is 2.51. The number of aryl methyl sites for hydroxylation is 1. The van der Waals surface area contributed by atoms with Gasteiger partial charge in [-0.25, -0.2) is 0 Å². The fourth-order valence-corrected chi connectivity index (χ4v) is 1.39. The standard InChI is InChI=1S/C13H14N2O/c1-10-3-2-8-15-13(10)9-16-12-6-4-11(14)5-7-12/h2-8H,9,14H2,1H3. The monoisotopic (exact) mass is 214 g/mol. The van der Waals surface area contributed by atoms with Crippen molar-refractivity contribution in [3.8, 4) is 5.75 Å². The third-order valence-electron chi connectivity index (χ3n) is 2.37. The zero-order chi connectivity index (χ0) is 11.4. The number of ether oxygens (including phenoxy) is 1. The topological polar surface area (TPSA) is 48.1 Å². The van der Waals surface area contributed by atoms with Gasteiger partial charge in [0.1, 0.15) is 12.4 Å². The minimum atomic E-state index is 0.483. The molecule has 16 heavy (non-hydrogen) atoms. The summed E-state index contributed by atoms with van der Waals surface area (Å²) < 4.78 is 5.61. The Morgan fingerprint density at radius 3 is 2.62 bits per heavy atom. The van der Waals surface area contributed by atoms with Crippen molar-refractivity contribution < 1.29 is 4.74 Å². The van der Waals surface area contributed by atoms with Crippen LogP contribution in [0.4, 0.5) is 5.69 Å². The molecular formula is C13H14N2O. The molecule has 0 aliphatic carbocycles. The van der Waals surface area contributed by atoms with Gasteiger partial charge in [0.15, 0.2) is 0 Å². The maximum atomic E-state index is 5.61. The highest BCUT2D eigenvalue weighted by Gasteiger charge is 1.99. The number of nitrogens with two attached hydrogens (primary N) is 1. The van der Waals surface area contributed by atoms with E-state index < -0.39 is 0 Å². The van der Waals surface area contributed by atoms with Gasteiger partial charge in [-0.15, -0.1) is 0 Å². The van der Waals surface area contributed by atoms with Crippen molar-refractivity contribution in [2.75, 3.05) is 5.73 Å². The van der Waals surface area contributed by atoms with E-state index in [1.54, 1.807) is 6.20 Å². The van der Waals surface area contributed by atoms with Crippen LogP contribution < -0.4 is 10.5 Å². The summed E-state index contributed by atoms with van der Waals surface area (Å²) in [4.78, 5) is 4.26. The molecule has 0 amide bonds. The largest absolute Gasteiger partial charge is 0.487 e. The summed E-state index contributed by atoms with van der Waals surface area (Å²) in [6.45, 7) is 2.51. The summed E-state index contributed by atoms with van der Waals surface area (Å²) in [6, 6.07) is 11.3. The Labute approximate surface area is 94.9 Å². The number of benzene rings is 1. The van der Waals surface area contributed by atoms with Gasteiger partial charge in [-0.05, 0) is 42.8 Å². The maximum absolute atomic E-state index is 5.61. The summed E-state index contributed by atoms with van der Waals surface area (Å²) in [7, 11) is 0. The minimum absolute atomic E-state index is 0.483. The molecule has 0 unspecified atom stereocenters. The first-order chi connectivity index (χ1) is 7.75. The Balaban J connectivity index is 2.02. The van der Waals surface area contributed by atoms with Crippen LogP contribution in [0.15, 0.2) is 42.6 Å². The first-order valence-corrected chi connectivity index (χ1v) is 5.14. The van der Waals surface area contributed by atoms with Crippen molar-refractivity contribution in [1.29, 1.82) is 0 Å². The lowest BCUT2D eigenvalue weighted by Gasteiger charge is -2.07. The van der Waals surface area contributed by atoms with Crippen molar-refractivity contribution in [2.24, 2.45) is 0 Å². The molecule has 0 radical (unpaired) electrons. The van der Waals surface area contributed by atoms with Gasteiger partial charge in [0.25, 0.3) is 0 Å². The summed E-state index contributed by atoms with van der Waals surface area (Å²) in [5, 5.41) is 0. The molecule has 1 aromatic heterocycles. The van der Waals surface area contributed by atoms with Crippen LogP contribution in [0.3, 0.4) is 0 Å². The van der Waals surface area contributed by atoms with Gasteiger partial charge in [0, 0.05) is 11.9 Å². The molecule has 0 saturated heterocycles. The highest BCUT2D eigenvalue weighted by atomic mass is 16.5. The lowest BCUT2D eigenvalue weighted by molar-refractivity contribution is 0.300. The zero-order valence-corrected chi connectivity index (χ0v) is 9.18. The number of rotatable bonds is 3. The maximum Gasteiger partial charge on any atom is 0.130 e. The lowest BCUT2D eigenvalue weighted by atomic mass is 10.2. The van der Waals surface area contributed by atoms with Crippen LogP contribution in [0, 0.1) is 6.92 Å². The van der Waals surface area contributed by atoms with Crippen LogP contribution >= 0.6 is 0 Å². The van der Waals surface area contributed by atoms with Gasteiger partial charge < -0.3 is 10.5 Å². The van der Waals surface area contributed by atoms with Crippen LogP contribution in [0.25, 0.3) is 0 Å². The first kappa shape index (κ1) is 10.5. The van der Waals surface area contributed by atoms with Gasteiger partial charge in [-0.1, -0.05) is 6.07 Å². The summed E-state index contributed by atoms with van der Waals surface area (Å²) >= 11 is 0. The molecule has 3 nitrogen and oxygen atoms in total. The number of nitrogens with zero attached hydrogens (tertiary/aromatic N) is 1. The molecule has 0 atom stereocenters. The molecule has 2 N–H and O–H groups in total. The quantitative estimate of drug-likeness (QED) is 0.799. The normalized spacial score (nSPS) is 10.1. The molecule has 2 aromatic rings. The number of hydrogen-bond donors (Lipinski definition) is 1. The highest BCUT2D eigenvalue weighted by molar-refractivity contribution is 5.41. The fraction of sp³-hybridized carbons (Fsp3) is 0.154. The van der Waals surface area contributed by atoms with E-state index in [0.717, 1.165) is 22.7 Å². The average molecular weight is 214 g/mol. The fourth-order valence-electron chi connectivity index (χ4n) is 1.39. The van der Waals surface area contributed by atoms with Crippen LogP contribution in [0.5, 0.6) is 5.75 Å². The second-order valence-electron chi connectivity index (χ2n) is 3.62. The molecule has 3 heteroatoms. The first-order valence-electron chi connectivity index (χ1n) is 5.14. The van der Waals surface area contributed by atoms with E-state index in [0.29, 0.717) is 6.61 Å². The number of nitrogen functional groups attached to an aromatic ring is 1. The molecule has 1 heterocycles. The Kier molecular flexibility index (Phi) is 3.05. The molecule has 0 bridgehead atoms. The molecule has 82 valence electrons. The highest BCUT2D eigenvalue weighted by Crippen LogP contribution is 2.15. The minimum Gasteiger partial charge on any atom is -0.487 e. The summed E-state index contributed by atoms with van der Waals surface area (Å²) in [6.07, 6.45) is 1.77. The van der Waals surface area contributed by atoms with Gasteiger partial charge >= 0.3 is 0 Å². The number of pyridine rings is 1. The van der Waals surface area contributed by atoms with Gasteiger partial charge in [-0.2, -0.15) is 0 Å². The van der Waals surface area contributed by atoms with Gasteiger partial charge in [0.05, 0.1) is 5.69 Å². The van der Waals surface area contributed by atoms with Crippen LogP contribution in [-0.4, -0.2) is 4.98 Å². The number of aromatic nitrogens is 1. The van der Waals surface area contributed by atoms with E-state index in [4.69, 9.17) is 10.5 Å². The third-order valence-corrected chi connectivity index (χ3v) is 2.37. The lowest BCUT2D eigenvalue weighted by Crippen LogP contribution is -2.00. The van der Waals surface area contributed by atoms with E-state index in [1.807, 2.05) is 43.3 Å². The Morgan fingerprint density at radius 2 is 1.94 bits per heavy atom. The Bertz CT molecular complexity index is 466. The second-order valence-corrected chi connectivity index (χ2v) is 3.62. The predicted molar refractivity (Wildman–Crippen MR) is 64.2 cm³/mol. The Morgan fingerprint density at radius 1 is 1.19 bits per heavy atom. The average Bonchev–Trinajstić information content (AvgIpc) is 2.30. The van der Waals surface area contributed by atoms with E-state index in [1.165, 1.54) is 0 Å². The molecule has 0 saturated carbocycles. The molecular weight excluding hydrogens is 200 g/mol. The van der Waals surface area contributed by atoms with Crippen molar-refractivity contribution >= 4 is 5.69 Å². The SMILES string of the molecule is Cc1cccnc1COc1ccc(N)cc1.